The summed E-state index contributed by atoms with van der Waals surface area (Å²) in [6.45, 7) is 7.98. The highest BCUT2D eigenvalue weighted by Crippen LogP contribution is 2.33. The quantitative estimate of drug-likeness (QED) is 0.884. The number of hydrogen-bond acceptors (Lipinski definition) is 2. The SMILES string of the molecule is CC[C@H](C)CN1CCC[C@@H](c2[nH]ncc2-c2cccc(F)c2)C1. The second-order valence-electron chi connectivity index (χ2n) is 6.82. The van der Waals surface area contributed by atoms with Crippen LogP contribution in [0, 0.1) is 11.7 Å². The second-order valence-corrected chi connectivity index (χ2v) is 6.82. The van der Waals surface area contributed by atoms with Gasteiger partial charge >= 0.3 is 0 Å². The third-order valence-corrected chi connectivity index (χ3v) is 4.99. The Kier molecular flexibility index (Phi) is 5.11. The number of benzene rings is 1. The van der Waals surface area contributed by atoms with E-state index in [4.69, 9.17) is 0 Å². The fourth-order valence-electron chi connectivity index (χ4n) is 3.52. The number of piperidine rings is 1. The summed E-state index contributed by atoms with van der Waals surface area (Å²) in [6, 6.07) is 6.79. The van der Waals surface area contributed by atoms with Crippen molar-refractivity contribution in [1.82, 2.24) is 15.1 Å². The molecule has 1 saturated heterocycles. The fourth-order valence-corrected chi connectivity index (χ4v) is 3.52. The van der Waals surface area contributed by atoms with Crippen LogP contribution in [-0.4, -0.2) is 34.7 Å². The molecule has 23 heavy (non-hydrogen) atoms. The topological polar surface area (TPSA) is 31.9 Å². The van der Waals surface area contributed by atoms with Crippen LogP contribution < -0.4 is 0 Å². The van der Waals surface area contributed by atoms with Gasteiger partial charge in [-0.25, -0.2) is 4.39 Å². The molecular weight excluding hydrogens is 289 g/mol. The van der Waals surface area contributed by atoms with Crippen LogP contribution in [0.3, 0.4) is 0 Å². The van der Waals surface area contributed by atoms with Crippen LogP contribution in [-0.2, 0) is 0 Å². The zero-order chi connectivity index (χ0) is 16.2. The normalized spacial score (nSPS) is 20.6. The molecule has 1 aromatic heterocycles. The van der Waals surface area contributed by atoms with Crippen molar-refractivity contribution in [2.24, 2.45) is 5.92 Å². The number of nitrogens with one attached hydrogen (secondary N) is 1. The zero-order valence-corrected chi connectivity index (χ0v) is 14.1. The van der Waals surface area contributed by atoms with Gasteiger partial charge in [0, 0.05) is 30.3 Å². The highest BCUT2D eigenvalue weighted by molar-refractivity contribution is 5.65. The minimum Gasteiger partial charge on any atom is -0.302 e. The van der Waals surface area contributed by atoms with Gasteiger partial charge in [0.15, 0.2) is 0 Å². The van der Waals surface area contributed by atoms with Crippen LogP contribution in [0.5, 0.6) is 0 Å². The Labute approximate surface area is 137 Å². The minimum atomic E-state index is -0.198. The molecule has 2 heterocycles. The third-order valence-electron chi connectivity index (χ3n) is 4.99. The summed E-state index contributed by atoms with van der Waals surface area (Å²) in [7, 11) is 0. The van der Waals surface area contributed by atoms with Crippen LogP contribution in [0.1, 0.15) is 44.7 Å². The Morgan fingerprint density at radius 3 is 3.09 bits per heavy atom. The predicted molar refractivity (Wildman–Crippen MR) is 91.9 cm³/mol. The van der Waals surface area contributed by atoms with Crippen LogP contribution in [0.4, 0.5) is 4.39 Å². The Balaban J connectivity index is 1.78. The third kappa shape index (κ3) is 3.81. The van der Waals surface area contributed by atoms with Crippen molar-refractivity contribution in [3.8, 4) is 11.1 Å². The Morgan fingerprint density at radius 2 is 2.30 bits per heavy atom. The van der Waals surface area contributed by atoms with Gasteiger partial charge in [-0.1, -0.05) is 32.4 Å². The molecule has 3 rings (SSSR count). The van der Waals surface area contributed by atoms with E-state index >= 15 is 0 Å². The zero-order valence-electron chi connectivity index (χ0n) is 14.1. The van der Waals surface area contributed by atoms with E-state index in [0.717, 1.165) is 35.8 Å². The number of rotatable bonds is 5. The molecule has 0 aliphatic carbocycles. The summed E-state index contributed by atoms with van der Waals surface area (Å²) in [5.74, 6) is 0.989. The van der Waals surface area contributed by atoms with Crippen molar-refractivity contribution in [2.75, 3.05) is 19.6 Å². The summed E-state index contributed by atoms with van der Waals surface area (Å²) in [5, 5.41) is 7.42. The lowest BCUT2D eigenvalue weighted by Gasteiger charge is -2.34. The molecule has 0 saturated carbocycles. The van der Waals surface area contributed by atoms with Crippen molar-refractivity contribution >= 4 is 0 Å². The summed E-state index contributed by atoms with van der Waals surface area (Å²) in [5.41, 5.74) is 3.11. The maximum absolute atomic E-state index is 13.5. The van der Waals surface area contributed by atoms with E-state index in [9.17, 15) is 4.39 Å². The van der Waals surface area contributed by atoms with Gasteiger partial charge in [-0.05, 0) is 43.0 Å². The highest BCUT2D eigenvalue weighted by atomic mass is 19.1. The number of H-pyrrole nitrogens is 1. The van der Waals surface area contributed by atoms with E-state index in [1.807, 2.05) is 12.3 Å². The minimum absolute atomic E-state index is 0.198. The lowest BCUT2D eigenvalue weighted by Crippen LogP contribution is -2.37. The molecule has 0 spiro atoms. The van der Waals surface area contributed by atoms with Gasteiger partial charge in [0.2, 0.25) is 0 Å². The highest BCUT2D eigenvalue weighted by Gasteiger charge is 2.25. The number of likely N-dealkylation sites (tertiary alicyclic amines) is 1. The molecule has 0 amide bonds. The van der Waals surface area contributed by atoms with E-state index in [2.05, 4.69) is 28.9 Å². The molecule has 1 fully saturated rings. The van der Waals surface area contributed by atoms with Gasteiger partial charge in [0.1, 0.15) is 5.82 Å². The average molecular weight is 315 g/mol. The number of aromatic amines is 1. The van der Waals surface area contributed by atoms with E-state index in [1.54, 1.807) is 12.1 Å². The number of nitrogens with zero attached hydrogens (tertiary/aromatic N) is 2. The molecule has 1 aromatic carbocycles. The Morgan fingerprint density at radius 1 is 1.43 bits per heavy atom. The molecule has 1 N–H and O–H groups in total. The van der Waals surface area contributed by atoms with Crippen molar-refractivity contribution < 1.29 is 4.39 Å². The molecule has 0 unspecified atom stereocenters. The summed E-state index contributed by atoms with van der Waals surface area (Å²) in [6.07, 6.45) is 5.43. The van der Waals surface area contributed by atoms with Crippen molar-refractivity contribution in [3.05, 3.63) is 42.0 Å². The average Bonchev–Trinajstić information content (AvgIpc) is 3.04. The lowest BCUT2D eigenvalue weighted by molar-refractivity contribution is 0.180. The molecule has 4 heteroatoms. The molecule has 0 bridgehead atoms. The monoisotopic (exact) mass is 315 g/mol. The number of halogens is 1. The van der Waals surface area contributed by atoms with Gasteiger partial charge in [-0.15, -0.1) is 0 Å². The predicted octanol–water partition coefficient (Wildman–Crippen LogP) is 4.44. The fraction of sp³-hybridized carbons (Fsp3) is 0.526. The molecule has 2 aromatic rings. The van der Waals surface area contributed by atoms with Gasteiger partial charge in [0.25, 0.3) is 0 Å². The second kappa shape index (κ2) is 7.26. The van der Waals surface area contributed by atoms with Gasteiger partial charge in [-0.3, -0.25) is 5.10 Å². The number of hydrogen-bond donors (Lipinski definition) is 1. The van der Waals surface area contributed by atoms with Crippen LogP contribution >= 0.6 is 0 Å². The largest absolute Gasteiger partial charge is 0.302 e. The Bertz CT molecular complexity index is 637. The van der Waals surface area contributed by atoms with Crippen LogP contribution in [0.25, 0.3) is 11.1 Å². The molecule has 0 radical (unpaired) electrons. The molecule has 3 nitrogen and oxygen atoms in total. The molecular formula is C19H26FN3. The van der Waals surface area contributed by atoms with E-state index < -0.39 is 0 Å². The van der Waals surface area contributed by atoms with E-state index in [-0.39, 0.29) is 5.82 Å². The van der Waals surface area contributed by atoms with E-state index in [0.29, 0.717) is 5.92 Å². The molecule has 1 aliphatic rings. The summed E-state index contributed by atoms with van der Waals surface area (Å²) >= 11 is 0. The maximum Gasteiger partial charge on any atom is 0.123 e. The van der Waals surface area contributed by atoms with Crippen LogP contribution in [0.2, 0.25) is 0 Å². The smallest absolute Gasteiger partial charge is 0.123 e. The van der Waals surface area contributed by atoms with Crippen molar-refractivity contribution in [2.45, 2.75) is 39.0 Å². The standard InChI is InChI=1S/C19H26FN3/c1-3-14(2)12-23-9-5-7-16(13-23)19-18(11-21-22-19)15-6-4-8-17(20)10-15/h4,6,8,10-11,14,16H,3,5,7,9,12-13H2,1-2H3,(H,21,22)/t14-,16+/m0/s1. The lowest BCUT2D eigenvalue weighted by atomic mass is 9.90. The van der Waals surface area contributed by atoms with E-state index in [1.165, 1.54) is 31.9 Å². The molecule has 124 valence electrons. The summed E-state index contributed by atoms with van der Waals surface area (Å²) in [4.78, 5) is 2.57. The first kappa shape index (κ1) is 16.2. The first-order valence-electron chi connectivity index (χ1n) is 8.69. The summed E-state index contributed by atoms with van der Waals surface area (Å²) < 4.78 is 13.5. The molecule has 2 atom stereocenters. The van der Waals surface area contributed by atoms with Gasteiger partial charge in [0.05, 0.1) is 6.20 Å². The van der Waals surface area contributed by atoms with Gasteiger partial charge in [-0.2, -0.15) is 5.10 Å². The first-order chi connectivity index (χ1) is 11.2. The van der Waals surface area contributed by atoms with Crippen LogP contribution in [0.15, 0.2) is 30.5 Å². The first-order valence-corrected chi connectivity index (χ1v) is 8.69. The Hall–Kier alpha value is -1.68. The molecule has 1 aliphatic heterocycles. The maximum atomic E-state index is 13.5. The van der Waals surface area contributed by atoms with Gasteiger partial charge < -0.3 is 4.90 Å². The van der Waals surface area contributed by atoms with Crippen molar-refractivity contribution in [1.29, 1.82) is 0 Å². The van der Waals surface area contributed by atoms with Crippen molar-refractivity contribution in [3.63, 3.8) is 0 Å². The number of aromatic nitrogens is 2.